The monoisotopic (exact) mass is 496 g/mol. The number of furan rings is 1. The Morgan fingerprint density at radius 1 is 0.737 bits per heavy atom. The van der Waals surface area contributed by atoms with E-state index in [0.29, 0.717) is 5.95 Å². The van der Waals surface area contributed by atoms with Crippen LogP contribution in [0.3, 0.4) is 0 Å². The lowest BCUT2D eigenvalue weighted by Gasteiger charge is -2.33. The Morgan fingerprint density at radius 3 is 2.39 bits per heavy atom. The van der Waals surface area contributed by atoms with E-state index >= 15 is 0 Å². The number of fused-ring (bicyclic) bond motifs is 7. The molecule has 4 heteroatoms. The summed E-state index contributed by atoms with van der Waals surface area (Å²) in [7, 11) is 0. The smallest absolute Gasteiger partial charge is 0.285 e. The lowest BCUT2D eigenvalue weighted by atomic mass is 9.34. The molecule has 0 spiro atoms. The van der Waals surface area contributed by atoms with Gasteiger partial charge >= 0.3 is 0 Å². The summed E-state index contributed by atoms with van der Waals surface area (Å²) in [6, 6.07) is 26.2. The summed E-state index contributed by atoms with van der Waals surface area (Å²) in [4.78, 5) is 0. The number of hydrogen-bond donors (Lipinski definition) is 0. The fraction of sp³-hybridized carbons (Fsp3) is 0.235. The lowest BCUT2D eigenvalue weighted by Crippen LogP contribution is -2.58. The lowest BCUT2D eigenvalue weighted by molar-refractivity contribution is 0.329. The second-order valence-corrected chi connectivity index (χ2v) is 12.0. The van der Waals surface area contributed by atoms with Crippen molar-refractivity contribution in [1.82, 2.24) is 0 Å². The van der Waals surface area contributed by atoms with Gasteiger partial charge in [0.2, 0.25) is 0 Å². The van der Waals surface area contributed by atoms with Crippen molar-refractivity contribution in [2.24, 2.45) is 0 Å². The summed E-state index contributed by atoms with van der Waals surface area (Å²) in [6.45, 7) is 6.74. The van der Waals surface area contributed by atoms with Gasteiger partial charge in [0.15, 0.2) is 0 Å². The molecular weight excluding hydrogens is 467 g/mol. The van der Waals surface area contributed by atoms with E-state index in [1.165, 1.54) is 51.2 Å². The molecule has 0 fully saturated rings. The standard InChI is InChI=1S/C34H29BO3/c1-34(2,3)22-18-29-32-30(19-22)38-33-31(25-12-6-7-14-27(25)37-33)35(32)26-16-15-21(17-28(26)36-29)24-13-8-10-20-9-4-5-11-23(20)24/h4-5,8-11,13,15-19H,6-7,12,14H2,1-3H3. The van der Waals surface area contributed by atoms with Gasteiger partial charge in [-0.1, -0.05) is 75.4 Å². The first kappa shape index (κ1) is 22.1. The van der Waals surface area contributed by atoms with Crippen molar-refractivity contribution >= 4 is 33.9 Å². The molecule has 1 aromatic heterocycles. The van der Waals surface area contributed by atoms with E-state index in [9.17, 15) is 0 Å². The minimum Gasteiger partial charge on any atom is -0.458 e. The van der Waals surface area contributed by atoms with Crippen molar-refractivity contribution in [3.05, 3.63) is 89.7 Å². The first-order chi connectivity index (χ1) is 18.5. The highest BCUT2D eigenvalue weighted by Gasteiger charge is 2.45. The molecule has 3 heterocycles. The molecule has 1 aliphatic carbocycles. The van der Waals surface area contributed by atoms with Crippen LogP contribution in [0.15, 0.2) is 77.2 Å². The van der Waals surface area contributed by atoms with Crippen molar-refractivity contribution in [3.8, 4) is 34.3 Å². The molecular formula is C34H29BO3. The predicted octanol–water partition coefficient (Wildman–Crippen LogP) is 7.00. The second-order valence-electron chi connectivity index (χ2n) is 12.0. The van der Waals surface area contributed by atoms with Gasteiger partial charge in [-0.05, 0) is 81.4 Å². The van der Waals surface area contributed by atoms with Crippen molar-refractivity contribution in [3.63, 3.8) is 0 Å². The largest absolute Gasteiger partial charge is 0.458 e. The van der Waals surface area contributed by atoms with Gasteiger partial charge in [-0.15, -0.1) is 0 Å². The van der Waals surface area contributed by atoms with Crippen LogP contribution in [0.1, 0.15) is 50.5 Å². The van der Waals surface area contributed by atoms with E-state index in [2.05, 4.69) is 93.6 Å². The zero-order chi connectivity index (χ0) is 25.6. The van der Waals surface area contributed by atoms with Gasteiger partial charge in [0.05, 0.1) is 0 Å². The number of aryl methyl sites for hydroxylation is 1. The predicted molar refractivity (Wildman–Crippen MR) is 155 cm³/mol. The molecule has 0 amide bonds. The Labute approximate surface area is 223 Å². The maximum absolute atomic E-state index is 6.76. The van der Waals surface area contributed by atoms with Gasteiger partial charge in [0, 0.05) is 17.3 Å². The minimum atomic E-state index is -0.0402. The van der Waals surface area contributed by atoms with Crippen molar-refractivity contribution in [2.45, 2.75) is 51.9 Å². The van der Waals surface area contributed by atoms with Crippen LogP contribution in [0.2, 0.25) is 0 Å². The number of rotatable bonds is 1. The Bertz CT molecular complexity index is 1770. The van der Waals surface area contributed by atoms with Gasteiger partial charge in [0.1, 0.15) is 23.0 Å². The van der Waals surface area contributed by atoms with E-state index in [0.717, 1.165) is 46.9 Å². The maximum Gasteiger partial charge on any atom is 0.285 e. The van der Waals surface area contributed by atoms with Crippen LogP contribution in [0.5, 0.6) is 23.2 Å². The molecule has 3 nitrogen and oxygen atoms in total. The zero-order valence-corrected chi connectivity index (χ0v) is 22.1. The Balaban J connectivity index is 1.36. The summed E-state index contributed by atoms with van der Waals surface area (Å²) >= 11 is 0. The summed E-state index contributed by atoms with van der Waals surface area (Å²) in [5, 5.41) is 2.49. The minimum absolute atomic E-state index is 0.0402. The van der Waals surface area contributed by atoms with E-state index in [1.807, 2.05) is 0 Å². The van der Waals surface area contributed by atoms with E-state index < -0.39 is 0 Å². The number of benzene rings is 4. The van der Waals surface area contributed by atoms with Gasteiger partial charge in [0.25, 0.3) is 12.7 Å². The highest BCUT2D eigenvalue weighted by Crippen LogP contribution is 2.42. The Hall–Kier alpha value is -3.92. The maximum atomic E-state index is 6.76. The van der Waals surface area contributed by atoms with Crippen LogP contribution >= 0.6 is 0 Å². The average molecular weight is 496 g/mol. The Morgan fingerprint density at radius 2 is 1.53 bits per heavy atom. The molecule has 0 saturated carbocycles. The zero-order valence-electron chi connectivity index (χ0n) is 22.1. The second kappa shape index (κ2) is 7.80. The highest BCUT2D eigenvalue weighted by molar-refractivity contribution is 6.98. The summed E-state index contributed by atoms with van der Waals surface area (Å²) in [6.07, 6.45) is 4.39. The van der Waals surface area contributed by atoms with Crippen LogP contribution < -0.4 is 25.9 Å². The third-order valence-corrected chi connectivity index (χ3v) is 8.57. The molecule has 0 N–H and O–H groups in total. The normalized spacial score (nSPS) is 15.2. The average Bonchev–Trinajstić information content (AvgIpc) is 3.29. The molecule has 5 aromatic rings. The third kappa shape index (κ3) is 3.16. The molecule has 186 valence electrons. The van der Waals surface area contributed by atoms with Gasteiger partial charge in [-0.2, -0.15) is 0 Å². The van der Waals surface area contributed by atoms with Crippen molar-refractivity contribution in [1.29, 1.82) is 0 Å². The molecule has 3 aliphatic rings. The number of hydrogen-bond acceptors (Lipinski definition) is 3. The van der Waals surface area contributed by atoms with Gasteiger partial charge in [-0.25, -0.2) is 0 Å². The van der Waals surface area contributed by atoms with Crippen LogP contribution in [0.4, 0.5) is 0 Å². The Kier molecular flexibility index (Phi) is 4.54. The molecule has 0 unspecified atom stereocenters. The quantitative estimate of drug-likeness (QED) is 0.229. The van der Waals surface area contributed by atoms with Crippen LogP contribution in [-0.2, 0) is 18.3 Å². The topological polar surface area (TPSA) is 31.6 Å². The molecule has 0 bridgehead atoms. The molecule has 38 heavy (non-hydrogen) atoms. The van der Waals surface area contributed by atoms with Crippen LogP contribution in [-0.4, -0.2) is 6.71 Å². The molecule has 8 rings (SSSR count). The summed E-state index contributed by atoms with van der Waals surface area (Å²) < 4.78 is 19.7. The summed E-state index contributed by atoms with van der Waals surface area (Å²) in [5.41, 5.74) is 8.41. The van der Waals surface area contributed by atoms with Crippen LogP contribution in [0.25, 0.3) is 21.9 Å². The van der Waals surface area contributed by atoms with E-state index in [4.69, 9.17) is 13.9 Å². The summed E-state index contributed by atoms with van der Waals surface area (Å²) in [5.74, 6) is 4.46. The molecule has 4 aromatic carbocycles. The van der Waals surface area contributed by atoms with E-state index in [-0.39, 0.29) is 12.1 Å². The fourth-order valence-electron chi connectivity index (χ4n) is 6.60. The van der Waals surface area contributed by atoms with Crippen LogP contribution in [0, 0.1) is 0 Å². The first-order valence-corrected chi connectivity index (χ1v) is 13.8. The van der Waals surface area contributed by atoms with Crippen molar-refractivity contribution < 1.29 is 13.9 Å². The molecule has 2 aliphatic heterocycles. The first-order valence-electron chi connectivity index (χ1n) is 13.8. The molecule has 0 atom stereocenters. The third-order valence-electron chi connectivity index (χ3n) is 8.57. The van der Waals surface area contributed by atoms with Crippen molar-refractivity contribution in [2.75, 3.05) is 0 Å². The SMILES string of the molecule is CC(C)(C)c1cc2c3c(c1)Oc1oc4c(c1B3c1ccc(-c3cccc5ccccc35)cc1O2)CCCC4. The van der Waals surface area contributed by atoms with Gasteiger partial charge in [-0.3, -0.25) is 0 Å². The number of ether oxygens (including phenoxy) is 2. The highest BCUT2D eigenvalue weighted by atomic mass is 16.6. The molecule has 0 saturated heterocycles. The van der Waals surface area contributed by atoms with E-state index in [1.54, 1.807) is 0 Å². The van der Waals surface area contributed by atoms with Gasteiger partial charge < -0.3 is 13.9 Å². The fourth-order valence-corrected chi connectivity index (χ4v) is 6.60. The molecule has 0 radical (unpaired) electrons.